The first kappa shape index (κ1) is 12.4. The van der Waals surface area contributed by atoms with E-state index in [-0.39, 0.29) is 5.91 Å². The van der Waals surface area contributed by atoms with Crippen molar-refractivity contribution in [1.29, 1.82) is 0 Å². The van der Waals surface area contributed by atoms with Crippen LogP contribution in [0.3, 0.4) is 0 Å². The van der Waals surface area contributed by atoms with Gasteiger partial charge in [0.25, 0.3) is 5.91 Å². The number of nitrogens with two attached hydrogens (primary N) is 1. The van der Waals surface area contributed by atoms with E-state index in [1.165, 1.54) is 12.4 Å². The third-order valence-corrected chi connectivity index (χ3v) is 1.96. The maximum atomic E-state index is 11.7. The van der Waals surface area contributed by atoms with E-state index in [1.54, 1.807) is 6.07 Å². The van der Waals surface area contributed by atoms with Crippen molar-refractivity contribution in [1.82, 2.24) is 10.3 Å². The maximum absolute atomic E-state index is 11.7. The Morgan fingerprint density at radius 1 is 1.62 bits per heavy atom. The highest BCUT2D eigenvalue weighted by Gasteiger charge is 2.09. The molecule has 1 heterocycles. The Hall–Kier alpha value is -1.66. The third-order valence-electron chi connectivity index (χ3n) is 1.96. The number of carbonyl (C=O) groups excluding carboxylic acids is 1. The minimum absolute atomic E-state index is 0.199. The highest BCUT2D eigenvalue weighted by molar-refractivity contribution is 5.99. The van der Waals surface area contributed by atoms with Gasteiger partial charge in [0.15, 0.2) is 0 Å². The summed E-state index contributed by atoms with van der Waals surface area (Å²) in [5.41, 5.74) is 3.39. The second-order valence-electron chi connectivity index (χ2n) is 3.02. The molecule has 0 saturated heterocycles. The number of nitrogen functional groups attached to an aromatic ring is 1. The van der Waals surface area contributed by atoms with Gasteiger partial charge in [0.2, 0.25) is 0 Å². The van der Waals surface area contributed by atoms with Crippen LogP contribution in [0.4, 0.5) is 5.69 Å². The fourth-order valence-corrected chi connectivity index (χ4v) is 1.18. The first-order valence-electron chi connectivity index (χ1n) is 5.06. The summed E-state index contributed by atoms with van der Waals surface area (Å²) in [7, 11) is 0. The van der Waals surface area contributed by atoms with E-state index in [0.29, 0.717) is 31.0 Å². The first-order valence-corrected chi connectivity index (χ1v) is 5.06. The molecule has 88 valence electrons. The Bertz CT molecular complexity index is 343. The molecule has 1 aromatic rings. The number of pyridine rings is 1. The fourth-order valence-electron chi connectivity index (χ4n) is 1.18. The van der Waals surface area contributed by atoms with E-state index in [1.807, 2.05) is 6.92 Å². The molecule has 0 spiro atoms. The molecular weight excluding hydrogens is 208 g/mol. The van der Waals surface area contributed by atoms with E-state index in [9.17, 15) is 4.79 Å². The van der Waals surface area contributed by atoms with Gasteiger partial charge in [-0.1, -0.05) is 0 Å². The Balaban J connectivity index is 2.52. The predicted molar refractivity (Wildman–Crippen MR) is 60.9 cm³/mol. The molecule has 6 nitrogen and oxygen atoms in total. The van der Waals surface area contributed by atoms with Gasteiger partial charge in [-0.25, -0.2) is 0 Å². The minimum Gasteiger partial charge on any atom is -0.380 e. The Morgan fingerprint density at radius 2 is 2.44 bits per heavy atom. The summed E-state index contributed by atoms with van der Waals surface area (Å²) in [5.74, 6) is 5.07. The number of anilines is 1. The van der Waals surface area contributed by atoms with Crippen LogP contribution in [-0.2, 0) is 4.74 Å². The summed E-state index contributed by atoms with van der Waals surface area (Å²) >= 11 is 0. The lowest BCUT2D eigenvalue weighted by atomic mass is 10.2. The van der Waals surface area contributed by atoms with Crippen LogP contribution >= 0.6 is 0 Å². The second kappa shape index (κ2) is 6.76. The van der Waals surface area contributed by atoms with E-state index in [0.717, 1.165) is 0 Å². The summed E-state index contributed by atoms with van der Waals surface area (Å²) in [6.07, 6.45) is 3.04. The average molecular weight is 224 g/mol. The predicted octanol–water partition coefficient (Wildman–Crippen LogP) is 0.134. The van der Waals surface area contributed by atoms with E-state index in [4.69, 9.17) is 10.6 Å². The van der Waals surface area contributed by atoms with Crippen LogP contribution in [0.2, 0.25) is 0 Å². The molecule has 4 N–H and O–H groups in total. The number of carbonyl (C=O) groups is 1. The number of aromatic nitrogens is 1. The van der Waals surface area contributed by atoms with Crippen molar-refractivity contribution in [2.75, 3.05) is 25.2 Å². The molecule has 0 aliphatic rings. The van der Waals surface area contributed by atoms with Gasteiger partial charge in [-0.2, -0.15) is 0 Å². The largest absolute Gasteiger partial charge is 0.380 e. The van der Waals surface area contributed by atoms with Crippen molar-refractivity contribution in [3.05, 3.63) is 24.0 Å². The fraction of sp³-hybridized carbons (Fsp3) is 0.400. The number of hydrogen-bond donors (Lipinski definition) is 3. The number of rotatable bonds is 6. The van der Waals surface area contributed by atoms with E-state index < -0.39 is 0 Å². The van der Waals surface area contributed by atoms with E-state index in [2.05, 4.69) is 15.7 Å². The number of ether oxygens (including phenoxy) is 1. The summed E-state index contributed by atoms with van der Waals surface area (Å²) < 4.78 is 5.11. The molecule has 0 bridgehead atoms. The number of nitrogens with zero attached hydrogens (tertiary/aromatic N) is 1. The van der Waals surface area contributed by atoms with Crippen molar-refractivity contribution in [2.45, 2.75) is 6.92 Å². The van der Waals surface area contributed by atoms with Crippen molar-refractivity contribution in [2.24, 2.45) is 5.84 Å². The average Bonchev–Trinajstić information content (AvgIpc) is 2.34. The van der Waals surface area contributed by atoms with Gasteiger partial charge >= 0.3 is 0 Å². The van der Waals surface area contributed by atoms with Crippen LogP contribution < -0.4 is 16.6 Å². The summed E-state index contributed by atoms with van der Waals surface area (Å²) in [5, 5.41) is 2.72. The van der Waals surface area contributed by atoms with Gasteiger partial charge in [0, 0.05) is 19.3 Å². The first-order chi connectivity index (χ1) is 7.79. The van der Waals surface area contributed by atoms with Crippen molar-refractivity contribution < 1.29 is 9.53 Å². The molecule has 0 radical (unpaired) electrons. The van der Waals surface area contributed by atoms with Crippen molar-refractivity contribution in [3.8, 4) is 0 Å². The minimum atomic E-state index is -0.199. The number of amides is 1. The smallest absolute Gasteiger partial charge is 0.253 e. The van der Waals surface area contributed by atoms with Gasteiger partial charge in [-0.15, -0.1) is 0 Å². The van der Waals surface area contributed by atoms with Crippen LogP contribution in [0.1, 0.15) is 17.3 Å². The van der Waals surface area contributed by atoms with E-state index >= 15 is 0 Å². The molecule has 1 amide bonds. The monoisotopic (exact) mass is 224 g/mol. The third kappa shape index (κ3) is 3.48. The molecule has 0 aromatic carbocycles. The normalized spacial score (nSPS) is 9.88. The van der Waals surface area contributed by atoms with Crippen LogP contribution in [-0.4, -0.2) is 30.6 Å². The maximum Gasteiger partial charge on any atom is 0.253 e. The summed E-state index contributed by atoms with van der Waals surface area (Å²) in [6.45, 7) is 3.51. The standard InChI is InChI=1S/C10H16N4O2/c1-2-16-6-5-13-10(15)8-3-4-12-7-9(8)14-11/h3-4,7,14H,2,5-6,11H2,1H3,(H,13,15). The Labute approximate surface area is 94.2 Å². The zero-order valence-corrected chi connectivity index (χ0v) is 9.19. The molecule has 0 atom stereocenters. The lowest BCUT2D eigenvalue weighted by molar-refractivity contribution is 0.0923. The van der Waals surface area contributed by atoms with Crippen molar-refractivity contribution >= 4 is 11.6 Å². The van der Waals surface area contributed by atoms with Crippen LogP contribution in [0.15, 0.2) is 18.5 Å². The number of nitrogens with one attached hydrogen (secondary N) is 2. The van der Waals surface area contributed by atoms with Gasteiger partial charge in [-0.3, -0.25) is 15.6 Å². The zero-order valence-electron chi connectivity index (χ0n) is 9.19. The Kier molecular flexibility index (Phi) is 5.24. The van der Waals surface area contributed by atoms with Crippen LogP contribution in [0.25, 0.3) is 0 Å². The zero-order chi connectivity index (χ0) is 11.8. The van der Waals surface area contributed by atoms with Crippen LogP contribution in [0.5, 0.6) is 0 Å². The number of hydrazine groups is 1. The van der Waals surface area contributed by atoms with Gasteiger partial charge in [-0.05, 0) is 13.0 Å². The highest BCUT2D eigenvalue weighted by Crippen LogP contribution is 2.10. The molecule has 16 heavy (non-hydrogen) atoms. The number of hydrogen-bond acceptors (Lipinski definition) is 5. The molecule has 0 fully saturated rings. The topological polar surface area (TPSA) is 89.3 Å². The lowest BCUT2D eigenvalue weighted by Gasteiger charge is -2.08. The Morgan fingerprint density at radius 3 is 3.12 bits per heavy atom. The van der Waals surface area contributed by atoms with Crippen LogP contribution in [0, 0.1) is 0 Å². The molecule has 0 saturated carbocycles. The van der Waals surface area contributed by atoms with Crippen molar-refractivity contribution in [3.63, 3.8) is 0 Å². The molecule has 6 heteroatoms. The van der Waals surface area contributed by atoms with Gasteiger partial charge in [0.1, 0.15) is 0 Å². The van der Waals surface area contributed by atoms with Gasteiger partial charge < -0.3 is 15.5 Å². The SMILES string of the molecule is CCOCCNC(=O)c1ccncc1NN. The molecule has 0 unspecified atom stereocenters. The molecule has 0 aliphatic carbocycles. The molecular formula is C10H16N4O2. The summed E-state index contributed by atoms with van der Waals surface area (Å²) in [6, 6.07) is 1.60. The quantitative estimate of drug-likeness (QED) is 0.363. The van der Waals surface area contributed by atoms with Gasteiger partial charge in [0.05, 0.1) is 24.1 Å². The second-order valence-corrected chi connectivity index (χ2v) is 3.02. The summed E-state index contributed by atoms with van der Waals surface area (Å²) in [4.78, 5) is 15.6. The molecule has 1 aromatic heterocycles. The lowest BCUT2D eigenvalue weighted by Crippen LogP contribution is -2.28. The molecule has 0 aliphatic heterocycles. The molecule has 1 rings (SSSR count). The highest BCUT2D eigenvalue weighted by atomic mass is 16.5.